The van der Waals surface area contributed by atoms with Crippen molar-refractivity contribution in [2.45, 2.75) is 81.7 Å². The Kier molecular flexibility index (Phi) is 9.57. The Hall–Kier alpha value is -2.43. The highest BCUT2D eigenvalue weighted by atomic mass is 32.2. The monoisotopic (exact) mass is 556 g/mol. The fraction of sp³-hybridized carbons (Fsp3) is 0.655. The Morgan fingerprint density at radius 1 is 0.949 bits per heavy atom. The molecule has 0 bridgehead atoms. The molecule has 0 amide bonds. The molecule has 2 unspecified atom stereocenters. The Morgan fingerprint density at radius 2 is 1.74 bits per heavy atom. The van der Waals surface area contributed by atoms with Crippen molar-refractivity contribution in [1.29, 1.82) is 0 Å². The van der Waals surface area contributed by atoms with Gasteiger partial charge < -0.3 is 15.0 Å². The Bertz CT molecular complexity index is 1150. The summed E-state index contributed by atoms with van der Waals surface area (Å²) in [5, 5.41) is 3.56. The molecule has 4 heterocycles. The molecule has 0 saturated carbocycles. The summed E-state index contributed by atoms with van der Waals surface area (Å²) < 4.78 is 34.3. The fourth-order valence-electron chi connectivity index (χ4n) is 5.94. The second-order valence-electron chi connectivity index (χ2n) is 11.1. The predicted molar refractivity (Wildman–Crippen MR) is 155 cm³/mol. The second-order valence-corrected chi connectivity index (χ2v) is 13.0. The molecule has 3 aliphatic rings. The molecule has 1 aromatic heterocycles. The molecule has 3 aliphatic heterocycles. The smallest absolute Gasteiger partial charge is 0.243 e. The molecule has 1 aromatic carbocycles. The van der Waals surface area contributed by atoms with Gasteiger partial charge in [-0.2, -0.15) is 9.29 Å². The van der Waals surface area contributed by atoms with E-state index in [1.807, 2.05) is 12.3 Å². The molecule has 0 spiro atoms. The van der Waals surface area contributed by atoms with E-state index in [4.69, 9.17) is 9.72 Å². The zero-order chi connectivity index (χ0) is 27.1. The van der Waals surface area contributed by atoms with Gasteiger partial charge >= 0.3 is 0 Å². The van der Waals surface area contributed by atoms with Crippen LogP contribution in [0.5, 0.6) is 5.75 Å². The van der Waals surface area contributed by atoms with Gasteiger partial charge in [-0.15, -0.1) is 0 Å². The number of sulfonamides is 1. The molecule has 10 heteroatoms. The predicted octanol–water partition coefficient (Wildman–Crippen LogP) is 4.38. The van der Waals surface area contributed by atoms with Crippen LogP contribution in [0.2, 0.25) is 0 Å². The largest absolute Gasteiger partial charge is 0.494 e. The van der Waals surface area contributed by atoms with Crippen LogP contribution < -0.4 is 15.0 Å². The van der Waals surface area contributed by atoms with Gasteiger partial charge in [0.2, 0.25) is 16.0 Å². The maximum Gasteiger partial charge on any atom is 0.243 e. The maximum atomic E-state index is 13.4. The number of anilines is 2. The number of piperidine rings is 1. The van der Waals surface area contributed by atoms with Crippen molar-refractivity contribution in [1.82, 2.24) is 19.2 Å². The number of hydrogen-bond acceptors (Lipinski definition) is 8. The van der Waals surface area contributed by atoms with E-state index in [1.54, 1.807) is 28.6 Å². The summed E-state index contributed by atoms with van der Waals surface area (Å²) in [5.74, 6) is 2.42. The van der Waals surface area contributed by atoms with E-state index in [9.17, 15) is 8.42 Å². The van der Waals surface area contributed by atoms with Gasteiger partial charge in [-0.25, -0.2) is 13.4 Å². The van der Waals surface area contributed by atoms with E-state index >= 15 is 0 Å². The van der Waals surface area contributed by atoms with Crippen molar-refractivity contribution in [3.63, 3.8) is 0 Å². The van der Waals surface area contributed by atoms with Crippen LogP contribution in [0.1, 0.15) is 64.7 Å². The highest BCUT2D eigenvalue weighted by molar-refractivity contribution is 7.89. The Morgan fingerprint density at radius 3 is 2.51 bits per heavy atom. The van der Waals surface area contributed by atoms with Crippen LogP contribution in [-0.4, -0.2) is 85.5 Å². The normalized spacial score (nSPS) is 23.5. The second kappa shape index (κ2) is 13.3. The van der Waals surface area contributed by atoms with Gasteiger partial charge in [0.1, 0.15) is 11.6 Å². The van der Waals surface area contributed by atoms with Gasteiger partial charge in [0.25, 0.3) is 0 Å². The molecule has 0 radical (unpaired) electrons. The van der Waals surface area contributed by atoms with Crippen molar-refractivity contribution >= 4 is 21.8 Å². The molecule has 2 aromatic rings. The maximum absolute atomic E-state index is 13.4. The molecule has 9 nitrogen and oxygen atoms in total. The van der Waals surface area contributed by atoms with E-state index in [0.29, 0.717) is 30.5 Å². The van der Waals surface area contributed by atoms with E-state index < -0.39 is 10.0 Å². The average molecular weight is 557 g/mol. The van der Waals surface area contributed by atoms with Gasteiger partial charge in [-0.1, -0.05) is 26.2 Å². The van der Waals surface area contributed by atoms with Crippen molar-refractivity contribution in [3.8, 4) is 5.75 Å². The van der Waals surface area contributed by atoms with Crippen LogP contribution in [0.25, 0.3) is 0 Å². The number of nitrogens with zero attached hydrogens (tertiary/aromatic N) is 5. The number of aromatic nitrogens is 2. The number of ether oxygens (including phenoxy) is 1. The van der Waals surface area contributed by atoms with Crippen molar-refractivity contribution < 1.29 is 13.2 Å². The molecular formula is C29H44N6O3S. The Labute approximate surface area is 234 Å². The minimum absolute atomic E-state index is 0.223. The molecule has 3 fully saturated rings. The lowest BCUT2D eigenvalue weighted by molar-refractivity contribution is 0.161. The lowest BCUT2D eigenvalue weighted by atomic mass is 10.1. The molecular weight excluding hydrogens is 512 g/mol. The SMILES string of the molecule is CCCCOc1ccc(S(=O)(=O)N2CCCC(N3CCC(Nc4nccc(N5CCCCCC5)n4)C3)C2)cc1. The minimum Gasteiger partial charge on any atom is -0.494 e. The van der Waals surface area contributed by atoms with Crippen LogP contribution in [0.15, 0.2) is 41.4 Å². The first kappa shape index (κ1) is 28.1. The van der Waals surface area contributed by atoms with Gasteiger partial charge in [0, 0.05) is 57.5 Å². The van der Waals surface area contributed by atoms with E-state index in [2.05, 4.69) is 27.0 Å². The van der Waals surface area contributed by atoms with Crippen LogP contribution in [0.3, 0.4) is 0 Å². The van der Waals surface area contributed by atoms with Gasteiger partial charge in [-0.05, 0) is 68.9 Å². The summed E-state index contributed by atoms with van der Waals surface area (Å²) in [6.45, 7) is 7.82. The quantitative estimate of drug-likeness (QED) is 0.432. The minimum atomic E-state index is -3.54. The highest BCUT2D eigenvalue weighted by Gasteiger charge is 2.35. The third-order valence-corrected chi connectivity index (χ3v) is 10.1. The topological polar surface area (TPSA) is 90.9 Å². The molecule has 214 valence electrons. The molecule has 3 saturated heterocycles. The third kappa shape index (κ3) is 7.21. The molecule has 2 atom stereocenters. The molecule has 1 N–H and O–H groups in total. The fourth-order valence-corrected chi connectivity index (χ4v) is 7.46. The van der Waals surface area contributed by atoms with Gasteiger partial charge in [0.15, 0.2) is 0 Å². The lowest BCUT2D eigenvalue weighted by Crippen LogP contribution is -2.49. The molecule has 0 aliphatic carbocycles. The standard InChI is InChI=1S/C29H44N6O3S/c1-2-3-21-38-26-10-12-27(13-11-26)39(36,37)35-19-8-9-25(23-35)34-20-15-24(22-34)31-29-30-16-14-28(32-29)33-17-6-4-5-7-18-33/h10-14,16,24-25H,2-9,15,17-23H2,1H3,(H,30,31,32). The first-order chi connectivity index (χ1) is 19.0. The lowest BCUT2D eigenvalue weighted by Gasteiger charge is -2.37. The van der Waals surface area contributed by atoms with Crippen LogP contribution in [0.4, 0.5) is 11.8 Å². The number of nitrogens with one attached hydrogen (secondary N) is 1. The first-order valence-corrected chi connectivity index (χ1v) is 16.3. The summed E-state index contributed by atoms with van der Waals surface area (Å²) in [5.41, 5.74) is 0. The number of hydrogen-bond donors (Lipinski definition) is 1. The van der Waals surface area contributed by atoms with Crippen LogP contribution in [-0.2, 0) is 10.0 Å². The summed E-state index contributed by atoms with van der Waals surface area (Å²) >= 11 is 0. The molecule has 5 rings (SSSR count). The summed E-state index contributed by atoms with van der Waals surface area (Å²) in [7, 11) is -3.54. The van der Waals surface area contributed by atoms with Crippen molar-refractivity contribution in [3.05, 3.63) is 36.5 Å². The number of unbranched alkanes of at least 4 members (excludes halogenated alkanes) is 1. The van der Waals surface area contributed by atoms with Crippen LogP contribution in [0, 0.1) is 0 Å². The average Bonchev–Trinajstić information content (AvgIpc) is 3.25. The highest BCUT2D eigenvalue weighted by Crippen LogP contribution is 2.27. The van der Waals surface area contributed by atoms with E-state index in [1.165, 1.54) is 25.7 Å². The van der Waals surface area contributed by atoms with Crippen molar-refractivity contribution in [2.24, 2.45) is 0 Å². The summed E-state index contributed by atoms with van der Waals surface area (Å²) in [6.07, 6.45) is 11.8. The number of benzene rings is 1. The zero-order valence-electron chi connectivity index (χ0n) is 23.3. The van der Waals surface area contributed by atoms with E-state index in [0.717, 1.165) is 69.9 Å². The number of rotatable bonds is 10. The summed E-state index contributed by atoms with van der Waals surface area (Å²) in [4.78, 5) is 14.5. The van der Waals surface area contributed by atoms with E-state index in [-0.39, 0.29) is 12.1 Å². The number of likely N-dealkylation sites (tertiary alicyclic amines) is 1. The summed E-state index contributed by atoms with van der Waals surface area (Å²) in [6, 6.07) is 9.39. The van der Waals surface area contributed by atoms with Gasteiger partial charge in [0.05, 0.1) is 11.5 Å². The Balaban J connectivity index is 1.16. The van der Waals surface area contributed by atoms with Gasteiger partial charge in [-0.3, -0.25) is 4.90 Å². The van der Waals surface area contributed by atoms with Crippen molar-refractivity contribution in [2.75, 3.05) is 56.1 Å². The first-order valence-electron chi connectivity index (χ1n) is 14.8. The molecule has 39 heavy (non-hydrogen) atoms. The van der Waals surface area contributed by atoms with Crippen LogP contribution >= 0.6 is 0 Å². The zero-order valence-corrected chi connectivity index (χ0v) is 24.1. The third-order valence-electron chi connectivity index (χ3n) is 8.23.